The van der Waals surface area contributed by atoms with Gasteiger partial charge in [0.2, 0.25) is 0 Å². The largest absolute Gasteiger partial charge is 0.270 e. The Morgan fingerprint density at radius 3 is 2.79 bits per heavy atom. The molecule has 0 atom stereocenters. The molecule has 0 radical (unpaired) electrons. The molecule has 6 heteroatoms. The quantitative estimate of drug-likeness (QED) is 0.531. The Kier molecular flexibility index (Phi) is 3.18. The minimum Gasteiger partial charge on any atom is -0.258 e. The zero-order chi connectivity index (χ0) is 13.2. The maximum absolute atomic E-state index is 10.7. The van der Waals surface area contributed by atoms with E-state index in [4.69, 9.17) is 0 Å². The smallest absolute Gasteiger partial charge is 0.258 e. The molecule has 4 nitrogen and oxygen atoms in total. The molecule has 0 amide bonds. The van der Waals surface area contributed by atoms with Crippen molar-refractivity contribution in [3.8, 4) is 0 Å². The number of hydrogen-bond acceptors (Lipinski definition) is 5. The number of benzene rings is 2. The van der Waals surface area contributed by atoms with Gasteiger partial charge >= 0.3 is 0 Å². The molecule has 3 rings (SSSR count). The lowest BCUT2D eigenvalue weighted by Gasteiger charge is -1.97. The zero-order valence-corrected chi connectivity index (χ0v) is 11.3. The van der Waals surface area contributed by atoms with Gasteiger partial charge in [-0.3, -0.25) is 10.1 Å². The van der Waals surface area contributed by atoms with Crippen molar-refractivity contribution in [1.29, 1.82) is 0 Å². The van der Waals surface area contributed by atoms with Crippen LogP contribution in [0.4, 0.5) is 5.69 Å². The molecule has 0 N–H and O–H groups in total. The van der Waals surface area contributed by atoms with Gasteiger partial charge in [0.05, 0.1) is 15.1 Å². The van der Waals surface area contributed by atoms with Crippen LogP contribution in [0.5, 0.6) is 0 Å². The van der Waals surface area contributed by atoms with Gasteiger partial charge in [0.1, 0.15) is 0 Å². The van der Waals surface area contributed by atoms with E-state index in [0.29, 0.717) is 0 Å². The maximum atomic E-state index is 10.7. The number of nitrogens with zero attached hydrogens (tertiary/aromatic N) is 2. The van der Waals surface area contributed by atoms with E-state index in [1.165, 1.54) is 17.8 Å². The van der Waals surface area contributed by atoms with Crippen LogP contribution in [0, 0.1) is 10.1 Å². The van der Waals surface area contributed by atoms with Gasteiger partial charge in [-0.1, -0.05) is 30.0 Å². The highest BCUT2D eigenvalue weighted by molar-refractivity contribution is 8.01. The Bertz CT molecular complexity index is 722. The van der Waals surface area contributed by atoms with Crippen LogP contribution >= 0.6 is 23.1 Å². The molecule has 0 aliphatic heterocycles. The first-order valence-corrected chi connectivity index (χ1v) is 7.13. The van der Waals surface area contributed by atoms with Crippen LogP contribution in [-0.4, -0.2) is 9.91 Å². The Morgan fingerprint density at radius 1 is 1.16 bits per heavy atom. The number of aromatic nitrogens is 1. The lowest BCUT2D eigenvalue weighted by Crippen LogP contribution is -1.86. The monoisotopic (exact) mass is 288 g/mol. The zero-order valence-electron chi connectivity index (χ0n) is 9.65. The topological polar surface area (TPSA) is 56.0 Å². The fourth-order valence-electron chi connectivity index (χ4n) is 1.66. The van der Waals surface area contributed by atoms with Crippen molar-refractivity contribution >= 4 is 39.0 Å². The van der Waals surface area contributed by atoms with E-state index in [-0.39, 0.29) is 10.6 Å². The van der Waals surface area contributed by atoms with Crippen molar-refractivity contribution in [1.82, 2.24) is 4.98 Å². The fraction of sp³-hybridized carbons (Fsp3) is 0. The van der Waals surface area contributed by atoms with Gasteiger partial charge in [-0.25, -0.2) is 4.98 Å². The van der Waals surface area contributed by atoms with Crippen molar-refractivity contribution in [3.05, 3.63) is 58.6 Å². The highest BCUT2D eigenvalue weighted by Crippen LogP contribution is 2.35. The molecule has 1 aromatic heterocycles. The molecule has 3 aromatic rings. The van der Waals surface area contributed by atoms with Gasteiger partial charge in [-0.05, 0) is 18.2 Å². The van der Waals surface area contributed by atoms with E-state index in [0.717, 1.165) is 19.5 Å². The summed E-state index contributed by atoms with van der Waals surface area (Å²) in [5.74, 6) is 0. The van der Waals surface area contributed by atoms with Gasteiger partial charge in [-0.15, -0.1) is 11.3 Å². The van der Waals surface area contributed by atoms with Crippen LogP contribution in [0.15, 0.2) is 57.8 Å². The van der Waals surface area contributed by atoms with Crippen LogP contribution < -0.4 is 0 Å². The first-order valence-electron chi connectivity index (χ1n) is 5.50. The van der Waals surface area contributed by atoms with E-state index >= 15 is 0 Å². The number of thiazole rings is 1. The van der Waals surface area contributed by atoms with Crippen molar-refractivity contribution in [2.75, 3.05) is 0 Å². The second kappa shape index (κ2) is 4.99. The third kappa shape index (κ3) is 2.59. The van der Waals surface area contributed by atoms with Gasteiger partial charge in [-0.2, -0.15) is 0 Å². The summed E-state index contributed by atoms with van der Waals surface area (Å²) in [6.45, 7) is 0. The molecule has 0 saturated heterocycles. The molecule has 0 saturated carbocycles. The first kappa shape index (κ1) is 12.1. The van der Waals surface area contributed by atoms with Gasteiger partial charge < -0.3 is 0 Å². The number of para-hydroxylation sites is 1. The summed E-state index contributed by atoms with van der Waals surface area (Å²) in [6.07, 6.45) is 0. The van der Waals surface area contributed by atoms with Crippen LogP contribution in [0.25, 0.3) is 10.2 Å². The summed E-state index contributed by atoms with van der Waals surface area (Å²) in [4.78, 5) is 15.7. The predicted octanol–water partition coefficient (Wildman–Crippen LogP) is 4.36. The number of nitro groups is 1. The Morgan fingerprint density at radius 2 is 2.00 bits per heavy atom. The van der Waals surface area contributed by atoms with E-state index < -0.39 is 0 Å². The molecule has 0 spiro atoms. The molecular formula is C13H8N2O2S2. The molecule has 0 aliphatic rings. The first-order chi connectivity index (χ1) is 9.22. The fourth-order valence-corrected chi connectivity index (χ4v) is 3.75. The van der Waals surface area contributed by atoms with E-state index in [1.54, 1.807) is 23.5 Å². The van der Waals surface area contributed by atoms with Crippen LogP contribution in [-0.2, 0) is 0 Å². The normalized spacial score (nSPS) is 10.7. The molecular weight excluding hydrogens is 280 g/mol. The summed E-state index contributed by atoms with van der Waals surface area (Å²) in [5, 5.41) is 10.7. The summed E-state index contributed by atoms with van der Waals surface area (Å²) in [6, 6.07) is 14.5. The van der Waals surface area contributed by atoms with Gasteiger partial charge in [0.15, 0.2) is 4.34 Å². The lowest BCUT2D eigenvalue weighted by molar-refractivity contribution is -0.385. The highest BCUT2D eigenvalue weighted by Gasteiger charge is 2.09. The third-order valence-corrected chi connectivity index (χ3v) is 4.59. The van der Waals surface area contributed by atoms with Crippen molar-refractivity contribution in [3.63, 3.8) is 0 Å². The number of rotatable bonds is 3. The van der Waals surface area contributed by atoms with Crippen molar-refractivity contribution < 1.29 is 4.92 Å². The minimum absolute atomic E-state index is 0.103. The summed E-state index contributed by atoms with van der Waals surface area (Å²) >= 11 is 3.04. The molecule has 0 unspecified atom stereocenters. The molecule has 0 bridgehead atoms. The SMILES string of the molecule is O=[N+]([O-])c1cccc(Sc2nc3ccccc3s2)c1. The van der Waals surface area contributed by atoms with Gasteiger partial charge in [0.25, 0.3) is 5.69 Å². The molecule has 94 valence electrons. The molecule has 1 heterocycles. The molecule has 19 heavy (non-hydrogen) atoms. The average Bonchev–Trinajstić information content (AvgIpc) is 2.81. The number of fused-ring (bicyclic) bond motifs is 1. The maximum Gasteiger partial charge on any atom is 0.270 e. The van der Waals surface area contributed by atoms with Gasteiger partial charge in [0, 0.05) is 17.0 Å². The van der Waals surface area contributed by atoms with Crippen LogP contribution in [0.1, 0.15) is 0 Å². The van der Waals surface area contributed by atoms with E-state index in [1.807, 2.05) is 30.3 Å². The summed E-state index contributed by atoms with van der Waals surface area (Å²) < 4.78 is 2.01. The summed E-state index contributed by atoms with van der Waals surface area (Å²) in [5.41, 5.74) is 1.06. The minimum atomic E-state index is -0.386. The van der Waals surface area contributed by atoms with E-state index in [9.17, 15) is 10.1 Å². The van der Waals surface area contributed by atoms with Crippen molar-refractivity contribution in [2.24, 2.45) is 0 Å². The average molecular weight is 288 g/mol. The Labute approximate surface area is 117 Å². The third-order valence-electron chi connectivity index (χ3n) is 2.51. The summed E-state index contributed by atoms with van der Waals surface area (Å²) in [7, 11) is 0. The highest BCUT2D eigenvalue weighted by atomic mass is 32.2. The van der Waals surface area contributed by atoms with Crippen LogP contribution in [0.3, 0.4) is 0 Å². The van der Waals surface area contributed by atoms with Crippen molar-refractivity contribution in [2.45, 2.75) is 9.24 Å². The predicted molar refractivity (Wildman–Crippen MR) is 76.8 cm³/mol. The second-order valence-electron chi connectivity index (χ2n) is 3.80. The Hall–Kier alpha value is -1.92. The number of nitro benzene ring substituents is 1. The standard InChI is InChI=1S/C13H8N2O2S2/c16-15(17)9-4-3-5-10(8-9)18-13-14-11-6-1-2-7-12(11)19-13/h1-8H. The second-order valence-corrected chi connectivity index (χ2v) is 6.16. The number of non-ortho nitro benzene ring substituents is 1. The van der Waals surface area contributed by atoms with E-state index in [2.05, 4.69) is 4.98 Å². The lowest BCUT2D eigenvalue weighted by atomic mass is 10.3. The molecule has 0 aliphatic carbocycles. The molecule has 2 aromatic carbocycles. The number of hydrogen-bond donors (Lipinski definition) is 0. The van der Waals surface area contributed by atoms with Crippen LogP contribution in [0.2, 0.25) is 0 Å². The molecule has 0 fully saturated rings. The Balaban J connectivity index is 1.92.